The van der Waals surface area contributed by atoms with Gasteiger partial charge in [0.1, 0.15) is 24.7 Å². The van der Waals surface area contributed by atoms with Crippen LogP contribution in [0.4, 0.5) is 11.4 Å². The van der Waals surface area contributed by atoms with Crippen molar-refractivity contribution < 1.29 is 28.5 Å². The normalized spacial score (nSPS) is 10.6. The highest BCUT2D eigenvalue weighted by Gasteiger charge is 2.18. The van der Waals surface area contributed by atoms with Crippen molar-refractivity contribution in [2.24, 2.45) is 0 Å². The van der Waals surface area contributed by atoms with Crippen LogP contribution in [0.3, 0.4) is 0 Å². The molecule has 0 aliphatic rings. The predicted molar refractivity (Wildman–Crippen MR) is 145 cm³/mol. The van der Waals surface area contributed by atoms with Crippen LogP contribution in [-0.2, 0) is 9.47 Å². The van der Waals surface area contributed by atoms with E-state index in [4.69, 9.17) is 18.9 Å². The summed E-state index contributed by atoms with van der Waals surface area (Å²) in [6.45, 7) is 1.37. The van der Waals surface area contributed by atoms with Crippen molar-refractivity contribution in [2.75, 3.05) is 51.3 Å². The molecule has 0 aromatic heterocycles. The summed E-state index contributed by atoms with van der Waals surface area (Å²) in [5.74, 6) is 0.0513. The lowest BCUT2D eigenvalue weighted by atomic mass is 10.1. The molecule has 190 valence electrons. The van der Waals surface area contributed by atoms with Gasteiger partial charge in [0.2, 0.25) is 0 Å². The van der Waals surface area contributed by atoms with E-state index in [1.54, 1.807) is 74.9 Å². The zero-order valence-corrected chi connectivity index (χ0v) is 23.0. The lowest BCUT2D eigenvalue weighted by Crippen LogP contribution is -2.18. The first-order valence-electron chi connectivity index (χ1n) is 11.0. The molecule has 0 heterocycles. The number of halogens is 2. The third-order valence-corrected chi connectivity index (χ3v) is 5.87. The molecule has 3 aromatic rings. The number of anilines is 2. The Labute approximate surface area is 226 Å². The molecule has 0 fully saturated rings. The Kier molecular flexibility index (Phi) is 10.7. The molecule has 2 N–H and O–H groups in total. The van der Waals surface area contributed by atoms with Crippen molar-refractivity contribution in [1.82, 2.24) is 0 Å². The van der Waals surface area contributed by atoms with E-state index in [-0.39, 0.29) is 0 Å². The third kappa shape index (κ3) is 7.79. The minimum atomic E-state index is -0.392. The zero-order valence-electron chi connectivity index (χ0n) is 19.8. The van der Waals surface area contributed by atoms with Gasteiger partial charge in [0.25, 0.3) is 11.8 Å². The van der Waals surface area contributed by atoms with Gasteiger partial charge in [-0.2, -0.15) is 0 Å². The molecule has 0 saturated carbocycles. The number of nitrogens with one attached hydrogen (secondary N) is 2. The number of amides is 2. The standard InChI is InChI=1S/C26H26Br2N2O6/c1-33-11-13-35-23-9-7-17(27)15-19(23)25(31)29-21-5-3-4-6-22(21)30-26(32)20-16-18(28)8-10-24(20)36-14-12-34-2/h3-10,15-16H,11-14H2,1-2H3,(H,29,31)(H,30,32). The number of hydrogen-bond donors (Lipinski definition) is 2. The van der Waals surface area contributed by atoms with Gasteiger partial charge in [-0.25, -0.2) is 0 Å². The van der Waals surface area contributed by atoms with Gasteiger partial charge in [0.05, 0.1) is 35.7 Å². The topological polar surface area (TPSA) is 95.1 Å². The number of hydrogen-bond acceptors (Lipinski definition) is 6. The average Bonchev–Trinajstić information content (AvgIpc) is 2.87. The molecular formula is C26H26Br2N2O6. The van der Waals surface area contributed by atoms with Crippen LogP contribution in [0.1, 0.15) is 20.7 Å². The molecule has 8 nitrogen and oxygen atoms in total. The quantitative estimate of drug-likeness (QED) is 0.250. The fraction of sp³-hybridized carbons (Fsp3) is 0.231. The Hall–Kier alpha value is -2.92. The molecule has 0 atom stereocenters. The van der Waals surface area contributed by atoms with Crippen LogP contribution in [0, 0.1) is 0 Å². The number of rotatable bonds is 12. The Morgan fingerprint density at radius 2 is 1.08 bits per heavy atom. The van der Waals surface area contributed by atoms with Gasteiger partial charge in [-0.1, -0.05) is 44.0 Å². The van der Waals surface area contributed by atoms with E-state index in [9.17, 15) is 9.59 Å². The lowest BCUT2D eigenvalue weighted by Gasteiger charge is -2.16. The molecule has 3 rings (SSSR count). The van der Waals surface area contributed by atoms with E-state index in [0.717, 1.165) is 8.95 Å². The first-order chi connectivity index (χ1) is 17.4. The maximum absolute atomic E-state index is 13.2. The van der Waals surface area contributed by atoms with Gasteiger partial charge >= 0.3 is 0 Å². The van der Waals surface area contributed by atoms with Crippen LogP contribution in [0.2, 0.25) is 0 Å². The molecule has 0 saturated heterocycles. The monoisotopic (exact) mass is 620 g/mol. The Bertz CT molecular complexity index is 1110. The fourth-order valence-corrected chi connectivity index (χ4v) is 3.88. The third-order valence-electron chi connectivity index (χ3n) is 4.89. The van der Waals surface area contributed by atoms with Crippen LogP contribution in [0.15, 0.2) is 69.6 Å². The van der Waals surface area contributed by atoms with Crippen molar-refractivity contribution >= 4 is 55.0 Å². The Morgan fingerprint density at radius 3 is 1.47 bits per heavy atom. The van der Waals surface area contributed by atoms with Crippen LogP contribution < -0.4 is 20.1 Å². The van der Waals surface area contributed by atoms with Gasteiger partial charge < -0.3 is 29.6 Å². The number of carbonyl (C=O) groups excluding carboxylic acids is 2. The highest BCUT2D eigenvalue weighted by Crippen LogP contribution is 2.29. The van der Waals surface area contributed by atoms with E-state index in [2.05, 4.69) is 42.5 Å². The summed E-state index contributed by atoms with van der Waals surface area (Å²) in [5.41, 5.74) is 1.52. The van der Waals surface area contributed by atoms with Crippen molar-refractivity contribution in [3.63, 3.8) is 0 Å². The summed E-state index contributed by atoms with van der Waals surface area (Å²) in [5, 5.41) is 5.73. The van der Waals surface area contributed by atoms with Crippen molar-refractivity contribution in [1.29, 1.82) is 0 Å². The van der Waals surface area contributed by atoms with E-state index in [1.165, 1.54) is 0 Å². The molecule has 3 aromatic carbocycles. The van der Waals surface area contributed by atoms with Crippen molar-refractivity contribution in [3.05, 3.63) is 80.7 Å². The molecule has 0 radical (unpaired) electrons. The maximum Gasteiger partial charge on any atom is 0.259 e. The second-order valence-corrected chi connectivity index (χ2v) is 9.25. The number of ether oxygens (including phenoxy) is 4. The predicted octanol–water partition coefficient (Wildman–Crippen LogP) is 5.77. The molecule has 10 heteroatoms. The van der Waals surface area contributed by atoms with Gasteiger partial charge in [-0.3, -0.25) is 9.59 Å². The first kappa shape index (κ1) is 27.7. The highest BCUT2D eigenvalue weighted by molar-refractivity contribution is 9.10. The minimum absolute atomic E-state index is 0.298. The number of benzene rings is 3. The summed E-state index contributed by atoms with van der Waals surface area (Å²) < 4.78 is 22.9. The number of para-hydroxylation sites is 2. The second-order valence-electron chi connectivity index (χ2n) is 7.42. The number of carbonyl (C=O) groups is 2. The summed E-state index contributed by atoms with van der Waals surface area (Å²) in [4.78, 5) is 26.4. The molecule has 0 aliphatic heterocycles. The van der Waals surface area contributed by atoms with E-state index >= 15 is 0 Å². The van der Waals surface area contributed by atoms with E-state index in [1.807, 2.05) is 0 Å². The Morgan fingerprint density at radius 1 is 0.667 bits per heavy atom. The van der Waals surface area contributed by atoms with Crippen molar-refractivity contribution in [3.8, 4) is 11.5 Å². The molecule has 0 bridgehead atoms. The minimum Gasteiger partial charge on any atom is -0.490 e. The second kappa shape index (κ2) is 14.0. The van der Waals surface area contributed by atoms with E-state index in [0.29, 0.717) is 60.4 Å². The summed E-state index contributed by atoms with van der Waals surface area (Å²) >= 11 is 6.80. The summed E-state index contributed by atoms with van der Waals surface area (Å²) in [6, 6.07) is 17.3. The van der Waals surface area contributed by atoms with Crippen LogP contribution in [0.5, 0.6) is 11.5 Å². The largest absolute Gasteiger partial charge is 0.490 e. The fourth-order valence-electron chi connectivity index (χ4n) is 3.16. The van der Waals surface area contributed by atoms with Crippen molar-refractivity contribution in [2.45, 2.75) is 0 Å². The highest BCUT2D eigenvalue weighted by atomic mass is 79.9. The van der Waals surface area contributed by atoms with Gasteiger partial charge in [-0.05, 0) is 48.5 Å². The van der Waals surface area contributed by atoms with Crippen LogP contribution in [0.25, 0.3) is 0 Å². The first-order valence-corrected chi connectivity index (χ1v) is 12.6. The van der Waals surface area contributed by atoms with Gasteiger partial charge in [0.15, 0.2) is 0 Å². The molecule has 36 heavy (non-hydrogen) atoms. The van der Waals surface area contributed by atoms with Crippen LogP contribution in [-0.4, -0.2) is 52.5 Å². The SMILES string of the molecule is COCCOc1ccc(Br)cc1C(=O)Nc1ccccc1NC(=O)c1cc(Br)ccc1OCCOC. The lowest BCUT2D eigenvalue weighted by molar-refractivity contribution is 0.100. The van der Waals surface area contributed by atoms with Gasteiger partial charge in [0, 0.05) is 23.2 Å². The smallest absolute Gasteiger partial charge is 0.259 e. The Balaban J connectivity index is 1.81. The molecule has 2 amide bonds. The molecule has 0 spiro atoms. The summed E-state index contributed by atoms with van der Waals surface area (Å²) in [6.07, 6.45) is 0. The van der Waals surface area contributed by atoms with E-state index < -0.39 is 11.8 Å². The zero-order chi connectivity index (χ0) is 25.9. The van der Waals surface area contributed by atoms with Crippen LogP contribution >= 0.6 is 31.9 Å². The molecular weight excluding hydrogens is 596 g/mol. The summed E-state index contributed by atoms with van der Waals surface area (Å²) in [7, 11) is 3.15. The molecule has 0 aliphatic carbocycles. The number of methoxy groups -OCH3 is 2. The average molecular weight is 622 g/mol. The van der Waals surface area contributed by atoms with Gasteiger partial charge in [-0.15, -0.1) is 0 Å². The maximum atomic E-state index is 13.2. The molecule has 0 unspecified atom stereocenters.